The standard InChI is InChI=1S/C14H20FNO3/c1-13(2,3)8-14(16,12(17)18)10-6-5-9(19-4)7-11(10)15/h5-7H,8,16H2,1-4H3,(H,17,18)/t14-/m1/s1. The molecule has 1 aromatic carbocycles. The number of hydrogen-bond donors (Lipinski definition) is 2. The van der Waals surface area contributed by atoms with E-state index < -0.39 is 17.3 Å². The molecule has 4 nitrogen and oxygen atoms in total. The lowest BCUT2D eigenvalue weighted by Crippen LogP contribution is -2.48. The highest BCUT2D eigenvalue weighted by atomic mass is 19.1. The molecular weight excluding hydrogens is 249 g/mol. The number of hydrogen-bond acceptors (Lipinski definition) is 3. The third-order valence-corrected chi connectivity index (χ3v) is 2.85. The van der Waals surface area contributed by atoms with Crippen molar-refractivity contribution in [1.82, 2.24) is 0 Å². The quantitative estimate of drug-likeness (QED) is 0.881. The van der Waals surface area contributed by atoms with Crippen molar-refractivity contribution in [3.63, 3.8) is 0 Å². The monoisotopic (exact) mass is 269 g/mol. The molecule has 0 aliphatic rings. The molecule has 5 heteroatoms. The highest BCUT2D eigenvalue weighted by molar-refractivity contribution is 5.80. The van der Waals surface area contributed by atoms with Gasteiger partial charge in [0, 0.05) is 11.6 Å². The number of ether oxygens (including phenoxy) is 1. The number of nitrogens with two attached hydrogens (primary N) is 1. The van der Waals surface area contributed by atoms with E-state index in [0.29, 0.717) is 5.75 Å². The summed E-state index contributed by atoms with van der Waals surface area (Å²) in [6, 6.07) is 4.02. The molecule has 0 aromatic heterocycles. The zero-order valence-corrected chi connectivity index (χ0v) is 11.7. The molecule has 106 valence electrons. The van der Waals surface area contributed by atoms with Gasteiger partial charge in [-0.3, -0.25) is 0 Å². The fourth-order valence-corrected chi connectivity index (χ4v) is 2.11. The van der Waals surface area contributed by atoms with E-state index in [4.69, 9.17) is 10.5 Å². The fraction of sp³-hybridized carbons (Fsp3) is 0.500. The van der Waals surface area contributed by atoms with Gasteiger partial charge in [-0.1, -0.05) is 20.8 Å². The average molecular weight is 269 g/mol. The molecular formula is C14H20FNO3. The molecule has 0 heterocycles. The van der Waals surface area contributed by atoms with E-state index in [0.717, 1.165) is 6.07 Å². The first-order valence-corrected chi connectivity index (χ1v) is 5.96. The smallest absolute Gasteiger partial charge is 0.328 e. The summed E-state index contributed by atoms with van der Waals surface area (Å²) >= 11 is 0. The third-order valence-electron chi connectivity index (χ3n) is 2.85. The molecule has 0 saturated carbocycles. The van der Waals surface area contributed by atoms with Gasteiger partial charge >= 0.3 is 5.97 Å². The van der Waals surface area contributed by atoms with Crippen LogP contribution in [-0.2, 0) is 10.3 Å². The maximum atomic E-state index is 14.0. The van der Waals surface area contributed by atoms with Crippen LogP contribution >= 0.6 is 0 Å². The van der Waals surface area contributed by atoms with Gasteiger partial charge in [-0.2, -0.15) is 0 Å². The van der Waals surface area contributed by atoms with Gasteiger partial charge in [-0.25, -0.2) is 9.18 Å². The molecule has 1 aromatic rings. The number of rotatable bonds is 4. The first-order chi connectivity index (χ1) is 8.60. The van der Waals surface area contributed by atoms with Gasteiger partial charge in [-0.05, 0) is 24.0 Å². The second-order valence-corrected chi connectivity index (χ2v) is 5.86. The molecule has 0 bridgehead atoms. The molecule has 0 radical (unpaired) electrons. The second kappa shape index (κ2) is 5.17. The summed E-state index contributed by atoms with van der Waals surface area (Å²) in [5, 5.41) is 9.38. The predicted octanol–water partition coefficient (Wildman–Crippen LogP) is 2.51. The summed E-state index contributed by atoms with van der Waals surface area (Å²) < 4.78 is 18.9. The van der Waals surface area contributed by atoms with Crippen molar-refractivity contribution in [3.8, 4) is 5.75 Å². The van der Waals surface area contributed by atoms with Crippen molar-refractivity contribution in [2.24, 2.45) is 11.1 Å². The largest absolute Gasteiger partial charge is 0.497 e. The minimum absolute atomic E-state index is 0.0317. The summed E-state index contributed by atoms with van der Waals surface area (Å²) in [4.78, 5) is 11.5. The molecule has 0 fully saturated rings. The molecule has 19 heavy (non-hydrogen) atoms. The van der Waals surface area contributed by atoms with Gasteiger partial charge in [0.25, 0.3) is 0 Å². The van der Waals surface area contributed by atoms with Crippen LogP contribution in [0.1, 0.15) is 32.8 Å². The van der Waals surface area contributed by atoms with Crippen molar-refractivity contribution < 1.29 is 19.0 Å². The minimum Gasteiger partial charge on any atom is -0.497 e. The van der Waals surface area contributed by atoms with E-state index >= 15 is 0 Å². The van der Waals surface area contributed by atoms with Gasteiger partial charge in [0.15, 0.2) is 0 Å². The molecule has 1 rings (SSSR count). The van der Waals surface area contributed by atoms with Gasteiger partial charge < -0.3 is 15.6 Å². The molecule has 0 amide bonds. The van der Waals surface area contributed by atoms with Crippen molar-refractivity contribution in [2.45, 2.75) is 32.7 Å². The predicted molar refractivity (Wildman–Crippen MR) is 70.5 cm³/mol. The normalized spacial score (nSPS) is 14.8. The van der Waals surface area contributed by atoms with Crippen molar-refractivity contribution >= 4 is 5.97 Å². The molecule has 0 saturated heterocycles. The van der Waals surface area contributed by atoms with Crippen LogP contribution in [0.5, 0.6) is 5.75 Å². The number of methoxy groups -OCH3 is 1. The van der Waals surface area contributed by atoms with E-state index in [1.165, 1.54) is 19.2 Å². The molecule has 0 unspecified atom stereocenters. The number of carbonyl (C=O) groups is 1. The highest BCUT2D eigenvalue weighted by Crippen LogP contribution is 2.35. The summed E-state index contributed by atoms with van der Waals surface area (Å²) in [5.74, 6) is -1.59. The Hall–Kier alpha value is -1.62. The van der Waals surface area contributed by atoms with Crippen LogP contribution in [0, 0.1) is 11.2 Å². The van der Waals surface area contributed by atoms with Crippen LogP contribution in [0.25, 0.3) is 0 Å². The summed E-state index contributed by atoms with van der Waals surface area (Å²) in [6.45, 7) is 5.58. The zero-order valence-electron chi connectivity index (χ0n) is 11.7. The zero-order chi connectivity index (χ0) is 14.8. The Kier molecular flexibility index (Phi) is 4.20. The lowest BCUT2D eigenvalue weighted by molar-refractivity contribution is -0.145. The number of aliphatic carboxylic acids is 1. The van der Waals surface area contributed by atoms with Gasteiger partial charge in [0.1, 0.15) is 17.1 Å². The maximum absolute atomic E-state index is 14.0. The van der Waals surface area contributed by atoms with Crippen molar-refractivity contribution in [1.29, 1.82) is 0 Å². The summed E-state index contributed by atoms with van der Waals surface area (Å²) in [7, 11) is 1.41. The van der Waals surface area contributed by atoms with Crippen molar-refractivity contribution in [3.05, 3.63) is 29.6 Å². The van der Waals surface area contributed by atoms with Gasteiger partial charge in [0.05, 0.1) is 7.11 Å². The van der Waals surface area contributed by atoms with E-state index in [-0.39, 0.29) is 17.4 Å². The summed E-state index contributed by atoms with van der Waals surface area (Å²) in [5.41, 5.74) is 3.83. The Bertz CT molecular complexity index is 482. The number of carboxylic acid groups (broad SMARTS) is 1. The Morgan fingerprint density at radius 2 is 2.00 bits per heavy atom. The second-order valence-electron chi connectivity index (χ2n) is 5.86. The topological polar surface area (TPSA) is 72.5 Å². The Labute approximate surface area is 112 Å². The molecule has 0 aliphatic heterocycles. The lowest BCUT2D eigenvalue weighted by atomic mass is 9.76. The van der Waals surface area contributed by atoms with Crippen LogP contribution in [0.4, 0.5) is 4.39 Å². The van der Waals surface area contributed by atoms with Crippen LogP contribution < -0.4 is 10.5 Å². The SMILES string of the molecule is COc1ccc([C@](N)(CC(C)(C)C)C(=O)O)c(F)c1. The fourth-order valence-electron chi connectivity index (χ4n) is 2.11. The van der Waals surface area contributed by atoms with E-state index in [9.17, 15) is 14.3 Å². The Morgan fingerprint density at radius 3 is 2.37 bits per heavy atom. The van der Waals surface area contributed by atoms with E-state index in [1.807, 2.05) is 20.8 Å². The van der Waals surface area contributed by atoms with Crippen LogP contribution in [0.2, 0.25) is 0 Å². The summed E-state index contributed by atoms with van der Waals surface area (Å²) in [6.07, 6.45) is 0.124. The first kappa shape index (κ1) is 15.4. The van der Waals surface area contributed by atoms with Crippen LogP contribution in [-0.4, -0.2) is 18.2 Å². The number of benzene rings is 1. The molecule has 0 spiro atoms. The highest BCUT2D eigenvalue weighted by Gasteiger charge is 2.41. The number of carboxylic acids is 1. The van der Waals surface area contributed by atoms with E-state index in [2.05, 4.69) is 0 Å². The van der Waals surface area contributed by atoms with Crippen LogP contribution in [0.3, 0.4) is 0 Å². The molecule has 3 N–H and O–H groups in total. The Balaban J connectivity index is 3.31. The first-order valence-electron chi connectivity index (χ1n) is 5.96. The maximum Gasteiger partial charge on any atom is 0.328 e. The minimum atomic E-state index is -1.76. The third kappa shape index (κ3) is 3.44. The molecule has 1 atom stereocenters. The van der Waals surface area contributed by atoms with E-state index in [1.54, 1.807) is 0 Å². The molecule has 0 aliphatic carbocycles. The Morgan fingerprint density at radius 1 is 1.42 bits per heavy atom. The van der Waals surface area contributed by atoms with Gasteiger partial charge in [0.2, 0.25) is 0 Å². The van der Waals surface area contributed by atoms with Gasteiger partial charge in [-0.15, -0.1) is 0 Å². The average Bonchev–Trinajstić information content (AvgIpc) is 2.25. The lowest BCUT2D eigenvalue weighted by Gasteiger charge is -2.32. The van der Waals surface area contributed by atoms with Crippen LogP contribution in [0.15, 0.2) is 18.2 Å². The number of halogens is 1. The van der Waals surface area contributed by atoms with Crippen molar-refractivity contribution in [2.75, 3.05) is 7.11 Å².